The lowest BCUT2D eigenvalue weighted by molar-refractivity contribution is -0.137. The lowest BCUT2D eigenvalue weighted by Gasteiger charge is -2.12. The second-order valence-electron chi connectivity index (χ2n) is 7.46. The van der Waals surface area contributed by atoms with E-state index in [1.807, 2.05) is 0 Å². The average molecular weight is 505 g/mol. The number of rotatable bonds is 7. The van der Waals surface area contributed by atoms with Crippen molar-refractivity contribution in [2.75, 3.05) is 7.11 Å². The highest BCUT2D eigenvalue weighted by molar-refractivity contribution is 9.10. The van der Waals surface area contributed by atoms with Crippen molar-refractivity contribution in [1.29, 1.82) is 0 Å². The molecular weight excluding hydrogens is 483 g/mol. The lowest BCUT2D eigenvalue weighted by Crippen LogP contribution is -2.35. The van der Waals surface area contributed by atoms with Gasteiger partial charge in [-0.05, 0) is 49.7 Å². The van der Waals surface area contributed by atoms with E-state index in [0.29, 0.717) is 27.7 Å². The summed E-state index contributed by atoms with van der Waals surface area (Å²) in [5, 5.41) is 12.1. The first-order chi connectivity index (χ1) is 15.1. The topological polar surface area (TPSA) is 97.6 Å². The number of nitrogens with zero attached hydrogens (tertiary/aromatic N) is 1. The van der Waals surface area contributed by atoms with Crippen molar-refractivity contribution in [3.05, 3.63) is 63.5 Å². The Hall–Kier alpha value is -3.20. The van der Waals surface area contributed by atoms with Crippen molar-refractivity contribution < 1.29 is 28.6 Å². The molecular formula is C23H22BrFN2O5. The number of hydrogen-bond acceptors (Lipinski definition) is 4. The molecule has 0 aliphatic rings. The summed E-state index contributed by atoms with van der Waals surface area (Å²) < 4.78 is 21.8. The van der Waals surface area contributed by atoms with E-state index >= 15 is 0 Å². The Morgan fingerprint density at radius 3 is 2.47 bits per heavy atom. The predicted octanol–water partition coefficient (Wildman–Crippen LogP) is 4.07. The first kappa shape index (κ1) is 23.5. The molecule has 32 heavy (non-hydrogen) atoms. The van der Waals surface area contributed by atoms with Crippen LogP contribution in [0, 0.1) is 12.7 Å². The summed E-state index contributed by atoms with van der Waals surface area (Å²) >= 11 is 3.33. The molecule has 3 aromatic rings. The van der Waals surface area contributed by atoms with E-state index in [4.69, 9.17) is 9.84 Å². The Morgan fingerprint density at radius 2 is 1.88 bits per heavy atom. The van der Waals surface area contributed by atoms with Crippen LogP contribution >= 0.6 is 15.9 Å². The van der Waals surface area contributed by atoms with E-state index in [0.717, 1.165) is 4.47 Å². The Bertz CT molecular complexity index is 1200. The van der Waals surface area contributed by atoms with Gasteiger partial charge in [-0.1, -0.05) is 15.9 Å². The standard InChI is InChI=1S/C23H22BrFN2O5/c1-12(8-22(29)30)26-21(28)10-16-13(2)27(23(31)14-4-6-15(24)7-5-14)19-11-18(25)20(32-3)9-17(16)19/h4-7,9,11-12H,8,10H2,1-3H3,(H,26,28)(H,29,30). The van der Waals surface area contributed by atoms with E-state index in [9.17, 15) is 18.8 Å². The van der Waals surface area contributed by atoms with Gasteiger partial charge >= 0.3 is 5.97 Å². The molecule has 1 aromatic heterocycles. The number of methoxy groups -OCH3 is 1. The summed E-state index contributed by atoms with van der Waals surface area (Å²) in [4.78, 5) is 36.8. The van der Waals surface area contributed by atoms with Gasteiger partial charge in [0.1, 0.15) is 0 Å². The largest absolute Gasteiger partial charge is 0.494 e. The first-order valence-electron chi connectivity index (χ1n) is 9.81. The number of nitrogens with one attached hydrogen (secondary N) is 1. The normalized spacial score (nSPS) is 11.9. The highest BCUT2D eigenvalue weighted by Crippen LogP contribution is 2.32. The molecule has 0 fully saturated rings. The third-order valence-corrected chi connectivity index (χ3v) is 5.66. The average Bonchev–Trinajstić information content (AvgIpc) is 2.97. The summed E-state index contributed by atoms with van der Waals surface area (Å²) in [6.07, 6.45) is -0.324. The van der Waals surface area contributed by atoms with Crippen molar-refractivity contribution in [2.45, 2.75) is 32.7 Å². The molecule has 0 aliphatic carbocycles. The van der Waals surface area contributed by atoms with E-state index in [2.05, 4.69) is 21.2 Å². The Morgan fingerprint density at radius 1 is 1.22 bits per heavy atom. The molecule has 0 aliphatic heterocycles. The van der Waals surface area contributed by atoms with Gasteiger partial charge in [0.05, 0.1) is 25.5 Å². The van der Waals surface area contributed by atoms with Crippen LogP contribution in [0.1, 0.15) is 35.0 Å². The summed E-state index contributed by atoms with van der Waals surface area (Å²) in [7, 11) is 1.33. The van der Waals surface area contributed by atoms with Gasteiger partial charge in [0.15, 0.2) is 11.6 Å². The van der Waals surface area contributed by atoms with Crippen LogP contribution in [0.3, 0.4) is 0 Å². The molecule has 1 atom stereocenters. The number of aromatic nitrogens is 1. The molecule has 3 rings (SSSR count). The highest BCUT2D eigenvalue weighted by atomic mass is 79.9. The number of halogens is 2. The smallest absolute Gasteiger partial charge is 0.305 e. The third kappa shape index (κ3) is 4.83. The molecule has 1 amide bonds. The third-order valence-electron chi connectivity index (χ3n) is 5.13. The fourth-order valence-electron chi connectivity index (χ4n) is 3.64. The van der Waals surface area contributed by atoms with Crippen molar-refractivity contribution in [2.24, 2.45) is 0 Å². The molecule has 2 aromatic carbocycles. The fourth-order valence-corrected chi connectivity index (χ4v) is 3.91. The number of carboxylic acids is 1. The second kappa shape index (κ2) is 9.52. The molecule has 2 N–H and O–H groups in total. The number of benzene rings is 2. The number of amides is 1. The van der Waals surface area contributed by atoms with Crippen LogP contribution in [-0.2, 0) is 16.0 Å². The minimum Gasteiger partial charge on any atom is -0.494 e. The van der Waals surface area contributed by atoms with Crippen LogP contribution in [-0.4, -0.2) is 40.6 Å². The Labute approximate surface area is 192 Å². The predicted molar refractivity (Wildman–Crippen MR) is 121 cm³/mol. The molecule has 7 nitrogen and oxygen atoms in total. The number of carboxylic acid groups (broad SMARTS) is 1. The van der Waals surface area contributed by atoms with Gasteiger partial charge in [0.2, 0.25) is 5.91 Å². The van der Waals surface area contributed by atoms with Gasteiger partial charge in [0, 0.05) is 33.2 Å². The van der Waals surface area contributed by atoms with Gasteiger partial charge in [0.25, 0.3) is 5.91 Å². The number of aliphatic carboxylic acids is 1. The van der Waals surface area contributed by atoms with E-state index in [1.165, 1.54) is 23.8 Å². The maximum absolute atomic E-state index is 14.5. The minimum atomic E-state index is -1.02. The highest BCUT2D eigenvalue weighted by Gasteiger charge is 2.24. The Kier molecular flexibility index (Phi) is 6.98. The zero-order valence-corrected chi connectivity index (χ0v) is 19.3. The molecule has 0 saturated carbocycles. The molecule has 0 spiro atoms. The summed E-state index contributed by atoms with van der Waals surface area (Å²) in [5.74, 6) is -2.43. The number of ether oxygens (including phenoxy) is 1. The fraction of sp³-hybridized carbons (Fsp3) is 0.261. The van der Waals surface area contributed by atoms with Gasteiger partial charge in [-0.3, -0.25) is 19.0 Å². The van der Waals surface area contributed by atoms with Crippen LogP contribution in [0.25, 0.3) is 10.9 Å². The van der Waals surface area contributed by atoms with E-state index < -0.39 is 23.7 Å². The van der Waals surface area contributed by atoms with Gasteiger partial charge in [-0.25, -0.2) is 4.39 Å². The maximum Gasteiger partial charge on any atom is 0.305 e. The number of carbonyl (C=O) groups excluding carboxylic acids is 2. The van der Waals surface area contributed by atoms with Crippen molar-refractivity contribution in [3.8, 4) is 5.75 Å². The van der Waals surface area contributed by atoms with Crippen LogP contribution in [0.5, 0.6) is 5.75 Å². The Balaban J connectivity index is 2.08. The summed E-state index contributed by atoms with van der Waals surface area (Å²) in [5.41, 5.74) is 1.73. The molecule has 168 valence electrons. The number of hydrogen-bond donors (Lipinski definition) is 2. The molecule has 1 unspecified atom stereocenters. The van der Waals surface area contributed by atoms with Crippen molar-refractivity contribution >= 4 is 44.6 Å². The van der Waals surface area contributed by atoms with Crippen molar-refractivity contribution in [3.63, 3.8) is 0 Å². The monoisotopic (exact) mass is 504 g/mol. The van der Waals surface area contributed by atoms with Crippen LogP contribution in [0.15, 0.2) is 40.9 Å². The first-order valence-corrected chi connectivity index (χ1v) is 10.6. The lowest BCUT2D eigenvalue weighted by atomic mass is 10.1. The van der Waals surface area contributed by atoms with E-state index in [1.54, 1.807) is 38.1 Å². The molecule has 9 heteroatoms. The quantitative estimate of drug-likeness (QED) is 0.505. The zero-order valence-electron chi connectivity index (χ0n) is 17.7. The van der Waals surface area contributed by atoms with Gasteiger partial charge in [-0.2, -0.15) is 0 Å². The van der Waals surface area contributed by atoms with E-state index in [-0.39, 0.29) is 24.5 Å². The SMILES string of the molecule is COc1cc2c(CC(=O)NC(C)CC(=O)O)c(C)n(C(=O)c3ccc(Br)cc3)c2cc1F. The van der Waals surface area contributed by atoms with Crippen LogP contribution < -0.4 is 10.1 Å². The second-order valence-corrected chi connectivity index (χ2v) is 8.37. The summed E-state index contributed by atoms with van der Waals surface area (Å²) in [6.45, 7) is 3.28. The van der Waals surface area contributed by atoms with Gasteiger partial charge < -0.3 is 15.2 Å². The zero-order chi connectivity index (χ0) is 23.6. The van der Waals surface area contributed by atoms with Crippen LogP contribution in [0.4, 0.5) is 4.39 Å². The number of fused-ring (bicyclic) bond motifs is 1. The summed E-state index contributed by atoms with van der Waals surface area (Å²) in [6, 6.07) is 8.88. The maximum atomic E-state index is 14.5. The molecule has 0 radical (unpaired) electrons. The van der Waals surface area contributed by atoms with Crippen LogP contribution in [0.2, 0.25) is 0 Å². The van der Waals surface area contributed by atoms with Crippen molar-refractivity contribution in [1.82, 2.24) is 9.88 Å². The number of carbonyl (C=O) groups is 3. The van der Waals surface area contributed by atoms with Gasteiger partial charge in [-0.15, -0.1) is 0 Å². The molecule has 1 heterocycles. The molecule has 0 saturated heterocycles. The molecule has 0 bridgehead atoms. The minimum absolute atomic E-state index is 0.00774.